The van der Waals surface area contributed by atoms with E-state index in [-0.39, 0.29) is 5.91 Å². The van der Waals surface area contributed by atoms with Crippen molar-refractivity contribution < 1.29 is 9.00 Å². The molecular formula is C17H15N3O2S2. The van der Waals surface area contributed by atoms with Crippen molar-refractivity contribution in [1.82, 2.24) is 10.2 Å². The molecule has 0 fully saturated rings. The van der Waals surface area contributed by atoms with E-state index in [0.29, 0.717) is 27.2 Å². The van der Waals surface area contributed by atoms with E-state index in [9.17, 15) is 9.00 Å². The van der Waals surface area contributed by atoms with Crippen LogP contribution in [0.15, 0.2) is 60.7 Å². The maximum absolute atomic E-state index is 12.2. The highest BCUT2D eigenvalue weighted by Gasteiger charge is 2.12. The highest BCUT2D eigenvalue weighted by molar-refractivity contribution is 7.83. The zero-order chi connectivity index (χ0) is 16.8. The number of nitrogens with zero attached hydrogens (tertiary/aromatic N) is 2. The first-order chi connectivity index (χ1) is 11.7. The van der Waals surface area contributed by atoms with Gasteiger partial charge in [0.15, 0.2) is 0 Å². The minimum Gasteiger partial charge on any atom is -0.296 e. The van der Waals surface area contributed by atoms with Crippen LogP contribution in [0.2, 0.25) is 0 Å². The highest BCUT2D eigenvalue weighted by Crippen LogP contribution is 2.18. The number of anilines is 1. The van der Waals surface area contributed by atoms with Crippen LogP contribution >= 0.6 is 11.3 Å². The third-order valence-electron chi connectivity index (χ3n) is 3.18. The van der Waals surface area contributed by atoms with Crippen LogP contribution in [0, 0.1) is 0 Å². The molecule has 1 atom stereocenters. The van der Waals surface area contributed by atoms with Crippen molar-refractivity contribution in [2.45, 2.75) is 11.5 Å². The van der Waals surface area contributed by atoms with E-state index < -0.39 is 10.8 Å². The summed E-state index contributed by atoms with van der Waals surface area (Å²) in [6.07, 6.45) is 0. The summed E-state index contributed by atoms with van der Waals surface area (Å²) in [4.78, 5) is 12.1. The molecule has 0 saturated carbocycles. The molecule has 1 heterocycles. The van der Waals surface area contributed by atoms with Gasteiger partial charge in [-0.25, -0.2) is 0 Å². The molecule has 122 valence electrons. The van der Waals surface area contributed by atoms with Crippen LogP contribution in [0.5, 0.6) is 0 Å². The summed E-state index contributed by atoms with van der Waals surface area (Å²) in [5.74, 6) is 0.573. The summed E-state index contributed by atoms with van der Waals surface area (Å²) in [6.45, 7) is 0. The monoisotopic (exact) mass is 357 g/mol. The maximum Gasteiger partial charge on any atom is 0.257 e. The van der Waals surface area contributed by atoms with E-state index in [0.717, 1.165) is 5.56 Å². The van der Waals surface area contributed by atoms with Crippen LogP contribution in [-0.4, -0.2) is 20.3 Å². The van der Waals surface area contributed by atoms with Crippen LogP contribution < -0.4 is 5.32 Å². The zero-order valence-electron chi connectivity index (χ0n) is 12.7. The molecule has 0 spiro atoms. The maximum atomic E-state index is 12.2. The molecule has 5 nitrogen and oxygen atoms in total. The van der Waals surface area contributed by atoms with E-state index in [1.807, 2.05) is 36.4 Å². The van der Waals surface area contributed by atoms with Crippen molar-refractivity contribution in [3.05, 3.63) is 76.8 Å². The molecule has 24 heavy (non-hydrogen) atoms. The Balaban J connectivity index is 1.57. The van der Waals surface area contributed by atoms with Crippen molar-refractivity contribution >= 4 is 33.2 Å². The Labute approximate surface area is 146 Å². The molecule has 2 aromatic carbocycles. The van der Waals surface area contributed by atoms with E-state index in [2.05, 4.69) is 15.5 Å². The first kappa shape index (κ1) is 16.5. The van der Waals surface area contributed by atoms with E-state index in [4.69, 9.17) is 0 Å². The third kappa shape index (κ3) is 4.56. The van der Waals surface area contributed by atoms with Gasteiger partial charge in [-0.2, -0.15) is 0 Å². The summed E-state index contributed by atoms with van der Waals surface area (Å²) in [6, 6.07) is 18.6. The molecule has 1 N–H and O–H groups in total. The molecule has 3 rings (SSSR count). The molecule has 1 aromatic heterocycles. The van der Waals surface area contributed by atoms with Gasteiger partial charge in [0.05, 0.1) is 5.75 Å². The van der Waals surface area contributed by atoms with Gasteiger partial charge in [0.25, 0.3) is 5.91 Å². The normalized spacial score (nSPS) is 11.8. The second kappa shape index (κ2) is 7.94. The average Bonchev–Trinajstić information content (AvgIpc) is 3.03. The van der Waals surface area contributed by atoms with E-state index in [1.165, 1.54) is 11.3 Å². The van der Waals surface area contributed by atoms with Gasteiger partial charge >= 0.3 is 0 Å². The highest BCUT2D eigenvalue weighted by atomic mass is 32.2. The molecule has 7 heteroatoms. The standard InChI is InChI=1S/C17H15N3O2S2/c21-16(14-9-5-2-6-10-14)18-17-20-19-15(23-17)12-24(22)11-13-7-3-1-4-8-13/h1-10H,11-12H2,(H,18,20,21). The van der Waals surface area contributed by atoms with Gasteiger partial charge < -0.3 is 0 Å². The largest absolute Gasteiger partial charge is 0.296 e. The summed E-state index contributed by atoms with van der Waals surface area (Å²) < 4.78 is 12.2. The smallest absolute Gasteiger partial charge is 0.257 e. The van der Waals surface area contributed by atoms with Crippen molar-refractivity contribution in [1.29, 1.82) is 0 Å². The lowest BCUT2D eigenvalue weighted by Gasteiger charge is -2.00. The first-order valence-corrected chi connectivity index (χ1v) is 9.59. The quantitative estimate of drug-likeness (QED) is 0.735. The Kier molecular flexibility index (Phi) is 5.45. The lowest BCUT2D eigenvalue weighted by atomic mass is 10.2. The fourth-order valence-electron chi connectivity index (χ4n) is 2.07. The van der Waals surface area contributed by atoms with Crippen molar-refractivity contribution in [3.63, 3.8) is 0 Å². The Morgan fingerprint density at radius 3 is 2.33 bits per heavy atom. The van der Waals surface area contributed by atoms with Crippen molar-refractivity contribution in [2.75, 3.05) is 5.32 Å². The van der Waals surface area contributed by atoms with Gasteiger partial charge in [-0.1, -0.05) is 59.9 Å². The topological polar surface area (TPSA) is 72.0 Å². The van der Waals surface area contributed by atoms with Crippen LogP contribution in [0.3, 0.4) is 0 Å². The molecule has 0 aliphatic carbocycles. The number of hydrogen-bond acceptors (Lipinski definition) is 5. The number of carbonyl (C=O) groups excluding carboxylic acids is 1. The second-order valence-electron chi connectivity index (χ2n) is 5.04. The van der Waals surface area contributed by atoms with Gasteiger partial charge in [0.1, 0.15) is 5.01 Å². The Hall–Kier alpha value is -2.38. The molecular weight excluding hydrogens is 342 g/mol. The van der Waals surface area contributed by atoms with Crippen LogP contribution in [0.4, 0.5) is 5.13 Å². The number of rotatable bonds is 6. The van der Waals surface area contributed by atoms with E-state index in [1.54, 1.807) is 24.3 Å². The number of hydrogen-bond donors (Lipinski definition) is 1. The second-order valence-corrected chi connectivity index (χ2v) is 7.55. The minimum atomic E-state index is -1.06. The fraction of sp³-hybridized carbons (Fsp3) is 0.118. The predicted octanol–water partition coefficient (Wildman–Crippen LogP) is 3.24. The third-order valence-corrected chi connectivity index (χ3v) is 5.45. The van der Waals surface area contributed by atoms with Gasteiger partial charge in [-0.15, -0.1) is 10.2 Å². The van der Waals surface area contributed by atoms with Gasteiger partial charge in [-0.05, 0) is 17.7 Å². The summed E-state index contributed by atoms with van der Waals surface area (Å²) in [7, 11) is -1.06. The number of carbonyl (C=O) groups is 1. The van der Waals surface area contributed by atoms with Gasteiger partial charge in [0.2, 0.25) is 5.13 Å². The van der Waals surface area contributed by atoms with Crippen molar-refractivity contribution in [3.8, 4) is 0 Å². The summed E-state index contributed by atoms with van der Waals surface area (Å²) in [5, 5.41) is 11.7. The predicted molar refractivity (Wildman–Crippen MR) is 96.3 cm³/mol. The number of benzene rings is 2. The molecule has 0 aliphatic heterocycles. The SMILES string of the molecule is O=C(Nc1nnc(CS(=O)Cc2ccccc2)s1)c1ccccc1. The van der Waals surface area contributed by atoms with E-state index >= 15 is 0 Å². The Morgan fingerprint density at radius 2 is 1.62 bits per heavy atom. The van der Waals surface area contributed by atoms with Crippen LogP contribution in [0.1, 0.15) is 20.9 Å². The Morgan fingerprint density at radius 1 is 0.958 bits per heavy atom. The lowest BCUT2D eigenvalue weighted by Crippen LogP contribution is -2.11. The minimum absolute atomic E-state index is 0.233. The van der Waals surface area contributed by atoms with Gasteiger partial charge in [-0.3, -0.25) is 14.3 Å². The molecule has 0 radical (unpaired) electrons. The fourth-order valence-corrected chi connectivity index (χ4v) is 4.23. The molecule has 1 amide bonds. The molecule has 0 aliphatic rings. The van der Waals surface area contributed by atoms with Crippen molar-refractivity contribution in [2.24, 2.45) is 0 Å². The van der Waals surface area contributed by atoms with Gasteiger partial charge in [0, 0.05) is 22.1 Å². The van der Waals surface area contributed by atoms with Crippen LogP contribution in [0.25, 0.3) is 0 Å². The number of aromatic nitrogens is 2. The molecule has 1 unspecified atom stereocenters. The number of nitrogens with one attached hydrogen (secondary N) is 1. The zero-order valence-corrected chi connectivity index (χ0v) is 14.3. The Bertz CT molecular complexity index is 835. The first-order valence-electron chi connectivity index (χ1n) is 7.28. The molecule has 0 saturated heterocycles. The molecule has 3 aromatic rings. The number of amides is 1. The van der Waals surface area contributed by atoms with Crippen LogP contribution in [-0.2, 0) is 22.3 Å². The summed E-state index contributed by atoms with van der Waals surface area (Å²) >= 11 is 1.25. The lowest BCUT2D eigenvalue weighted by molar-refractivity contribution is 0.102. The summed E-state index contributed by atoms with van der Waals surface area (Å²) in [5.41, 5.74) is 1.58. The molecule has 0 bridgehead atoms. The average molecular weight is 357 g/mol.